The van der Waals surface area contributed by atoms with Gasteiger partial charge in [-0.25, -0.2) is 5.06 Å². The summed E-state index contributed by atoms with van der Waals surface area (Å²) >= 11 is 0. The SMILES string of the molecule is CON(C)C(=O)C1CC[C@@H](N(Cc2ccccc2)Cc2ccccc2)C1.O=CC1CC[C@@H](N(Cc2ccccc2)Cc2ccccc2)C1. The van der Waals surface area contributed by atoms with Gasteiger partial charge in [0.25, 0.3) is 0 Å². The van der Waals surface area contributed by atoms with Gasteiger partial charge in [0, 0.05) is 57.1 Å². The van der Waals surface area contributed by atoms with Crippen molar-refractivity contribution in [1.29, 1.82) is 0 Å². The van der Waals surface area contributed by atoms with E-state index in [1.807, 2.05) is 0 Å². The highest BCUT2D eigenvalue weighted by Gasteiger charge is 2.35. The smallest absolute Gasteiger partial charge is 0.249 e. The van der Waals surface area contributed by atoms with Crippen molar-refractivity contribution in [3.63, 3.8) is 0 Å². The molecule has 1 amide bonds. The van der Waals surface area contributed by atoms with Gasteiger partial charge < -0.3 is 4.79 Å². The van der Waals surface area contributed by atoms with Gasteiger partial charge in [0.05, 0.1) is 7.11 Å². The topological polar surface area (TPSA) is 53.1 Å². The second-order valence-electron chi connectivity index (χ2n) is 13.3. The highest BCUT2D eigenvalue weighted by Crippen LogP contribution is 2.33. The molecular weight excluding hydrogens is 594 g/mol. The lowest BCUT2D eigenvalue weighted by Gasteiger charge is -2.29. The molecule has 252 valence electrons. The molecule has 4 atom stereocenters. The molecule has 6 rings (SSSR count). The van der Waals surface area contributed by atoms with E-state index in [1.54, 1.807) is 14.2 Å². The van der Waals surface area contributed by atoms with Crippen LogP contribution >= 0.6 is 0 Å². The first kappa shape index (κ1) is 35.2. The van der Waals surface area contributed by atoms with E-state index < -0.39 is 0 Å². The van der Waals surface area contributed by atoms with E-state index in [-0.39, 0.29) is 17.7 Å². The molecule has 2 saturated carbocycles. The molecule has 0 bridgehead atoms. The Kier molecular flexibility index (Phi) is 13.5. The van der Waals surface area contributed by atoms with Gasteiger partial charge in [-0.3, -0.25) is 19.4 Å². The van der Waals surface area contributed by atoms with Crippen LogP contribution in [-0.2, 0) is 40.6 Å². The number of amides is 1. The summed E-state index contributed by atoms with van der Waals surface area (Å²) in [6.45, 7) is 3.71. The van der Waals surface area contributed by atoms with E-state index in [0.29, 0.717) is 12.1 Å². The number of hydrogen-bond donors (Lipinski definition) is 0. The highest BCUT2D eigenvalue weighted by atomic mass is 16.7. The Hall–Kier alpha value is -4.10. The van der Waals surface area contributed by atoms with Crippen LogP contribution in [0.25, 0.3) is 0 Å². The average molecular weight is 646 g/mol. The van der Waals surface area contributed by atoms with Crippen LogP contribution in [0, 0.1) is 11.8 Å². The van der Waals surface area contributed by atoms with Crippen LogP contribution in [0.5, 0.6) is 0 Å². The molecule has 2 aliphatic rings. The molecule has 4 aromatic rings. The lowest BCUT2D eigenvalue weighted by atomic mass is 10.1. The molecular formula is C42H51N3O3. The molecule has 6 nitrogen and oxygen atoms in total. The lowest BCUT2D eigenvalue weighted by Crippen LogP contribution is -2.35. The third-order valence-corrected chi connectivity index (χ3v) is 9.92. The van der Waals surface area contributed by atoms with E-state index in [1.165, 1.54) is 27.3 Å². The van der Waals surface area contributed by atoms with Gasteiger partial charge in [0.15, 0.2) is 0 Å². The van der Waals surface area contributed by atoms with Crippen molar-refractivity contribution < 1.29 is 14.4 Å². The molecule has 0 aliphatic heterocycles. The first-order valence-electron chi connectivity index (χ1n) is 17.4. The summed E-state index contributed by atoms with van der Waals surface area (Å²) in [7, 11) is 3.24. The lowest BCUT2D eigenvalue weighted by molar-refractivity contribution is -0.173. The maximum Gasteiger partial charge on any atom is 0.249 e. The molecule has 0 radical (unpaired) electrons. The van der Waals surface area contributed by atoms with Crippen LogP contribution in [0.3, 0.4) is 0 Å². The Morgan fingerprint density at radius 3 is 1.33 bits per heavy atom. The number of carbonyl (C=O) groups excluding carboxylic acids is 2. The van der Waals surface area contributed by atoms with Crippen LogP contribution < -0.4 is 0 Å². The molecule has 0 heterocycles. The van der Waals surface area contributed by atoms with Gasteiger partial charge in [0.1, 0.15) is 6.29 Å². The molecule has 0 N–H and O–H groups in total. The summed E-state index contributed by atoms with van der Waals surface area (Å²) in [5.41, 5.74) is 5.31. The molecule has 0 aromatic heterocycles. The van der Waals surface area contributed by atoms with E-state index in [4.69, 9.17) is 4.84 Å². The number of rotatable bonds is 13. The Morgan fingerprint density at radius 1 is 0.604 bits per heavy atom. The average Bonchev–Trinajstić information content (AvgIpc) is 3.84. The standard InChI is InChI=1S/C22H28N2O2.C20H23NO/c1-23(26-2)22(25)20-13-14-21(15-20)24(16-18-9-5-3-6-10-18)17-19-11-7-4-8-12-19;22-16-19-11-12-20(13-19)21(14-17-7-3-1-4-8-17)15-18-9-5-2-6-10-18/h3-12,20-21H,13-17H2,1-2H3;1-10,16,19-20H,11-15H2/t20?,21-;19?,20-/m11/s1. The number of hydroxylamine groups is 2. The van der Waals surface area contributed by atoms with Crippen molar-refractivity contribution in [2.45, 2.75) is 76.8 Å². The summed E-state index contributed by atoms with van der Waals surface area (Å²) in [6.07, 6.45) is 7.18. The molecule has 2 unspecified atom stereocenters. The molecule has 48 heavy (non-hydrogen) atoms. The van der Waals surface area contributed by atoms with Crippen LogP contribution in [-0.4, -0.2) is 53.3 Å². The first-order valence-corrected chi connectivity index (χ1v) is 17.4. The number of nitrogens with zero attached hydrogens (tertiary/aromatic N) is 3. The predicted octanol–water partition coefficient (Wildman–Crippen LogP) is 7.93. The fourth-order valence-corrected chi connectivity index (χ4v) is 7.21. The largest absolute Gasteiger partial charge is 0.303 e. The minimum atomic E-state index is 0.0546. The Balaban J connectivity index is 0.000000190. The maximum absolute atomic E-state index is 12.4. The zero-order chi connectivity index (χ0) is 33.6. The summed E-state index contributed by atoms with van der Waals surface area (Å²) in [4.78, 5) is 33.7. The molecule has 2 aliphatic carbocycles. The molecule has 6 heteroatoms. The van der Waals surface area contributed by atoms with Crippen molar-refractivity contribution in [3.8, 4) is 0 Å². The van der Waals surface area contributed by atoms with Crippen molar-refractivity contribution in [2.24, 2.45) is 11.8 Å². The van der Waals surface area contributed by atoms with Gasteiger partial charge >= 0.3 is 0 Å². The molecule has 2 fully saturated rings. The third-order valence-electron chi connectivity index (χ3n) is 9.92. The minimum absolute atomic E-state index is 0.0546. The maximum atomic E-state index is 12.4. The number of hydrogen-bond acceptors (Lipinski definition) is 5. The van der Waals surface area contributed by atoms with E-state index >= 15 is 0 Å². The van der Waals surface area contributed by atoms with Crippen molar-refractivity contribution in [2.75, 3.05) is 14.2 Å². The third kappa shape index (κ3) is 10.4. The Labute approximate surface area is 287 Å². The van der Waals surface area contributed by atoms with Gasteiger partial charge in [-0.1, -0.05) is 121 Å². The summed E-state index contributed by atoms with van der Waals surface area (Å²) in [5, 5.41) is 1.37. The van der Waals surface area contributed by atoms with Crippen molar-refractivity contribution in [3.05, 3.63) is 144 Å². The Morgan fingerprint density at radius 2 is 0.979 bits per heavy atom. The zero-order valence-electron chi connectivity index (χ0n) is 28.6. The highest BCUT2D eigenvalue weighted by molar-refractivity contribution is 5.77. The molecule has 0 saturated heterocycles. The second-order valence-corrected chi connectivity index (χ2v) is 13.3. The van der Waals surface area contributed by atoms with E-state index in [9.17, 15) is 9.59 Å². The fraction of sp³-hybridized carbons (Fsp3) is 0.381. The normalized spacial score (nSPS) is 20.3. The number of benzene rings is 4. The van der Waals surface area contributed by atoms with Crippen molar-refractivity contribution in [1.82, 2.24) is 14.9 Å². The van der Waals surface area contributed by atoms with Gasteiger partial charge in [-0.2, -0.15) is 0 Å². The van der Waals surface area contributed by atoms with Crippen LogP contribution in [0.15, 0.2) is 121 Å². The first-order chi connectivity index (χ1) is 23.5. The van der Waals surface area contributed by atoms with Crippen LogP contribution in [0.2, 0.25) is 0 Å². The summed E-state index contributed by atoms with van der Waals surface area (Å²) in [5.74, 6) is 0.396. The fourth-order valence-electron chi connectivity index (χ4n) is 7.21. The van der Waals surface area contributed by atoms with Crippen LogP contribution in [0.1, 0.15) is 60.8 Å². The van der Waals surface area contributed by atoms with Gasteiger partial charge in [0.2, 0.25) is 5.91 Å². The predicted molar refractivity (Wildman–Crippen MR) is 192 cm³/mol. The molecule has 4 aromatic carbocycles. The minimum Gasteiger partial charge on any atom is -0.303 e. The van der Waals surface area contributed by atoms with E-state index in [2.05, 4.69) is 131 Å². The monoisotopic (exact) mass is 645 g/mol. The number of aldehydes is 1. The number of carbonyl (C=O) groups is 2. The molecule has 0 spiro atoms. The van der Waals surface area contributed by atoms with Crippen LogP contribution in [0.4, 0.5) is 0 Å². The van der Waals surface area contributed by atoms with E-state index in [0.717, 1.165) is 71.0 Å². The Bertz CT molecular complexity index is 1420. The van der Waals surface area contributed by atoms with Gasteiger partial charge in [-0.05, 0) is 60.8 Å². The van der Waals surface area contributed by atoms with Gasteiger partial charge in [-0.15, -0.1) is 0 Å². The summed E-state index contributed by atoms with van der Waals surface area (Å²) < 4.78 is 0. The van der Waals surface area contributed by atoms with Crippen molar-refractivity contribution >= 4 is 12.2 Å². The second kappa shape index (κ2) is 18.4. The zero-order valence-corrected chi connectivity index (χ0v) is 28.6. The quantitative estimate of drug-likeness (QED) is 0.109. The summed E-state index contributed by atoms with van der Waals surface area (Å²) in [6, 6.07) is 43.3.